The second-order valence-corrected chi connectivity index (χ2v) is 7.94. The van der Waals surface area contributed by atoms with Crippen LogP contribution >= 0.6 is 0 Å². The molecule has 0 saturated carbocycles. The number of primary amides is 1. The van der Waals surface area contributed by atoms with Crippen LogP contribution in [0.25, 0.3) is 0 Å². The van der Waals surface area contributed by atoms with Crippen molar-refractivity contribution in [3.8, 4) is 0 Å². The summed E-state index contributed by atoms with van der Waals surface area (Å²) < 4.78 is 15.0. The molecule has 0 aliphatic carbocycles. The summed E-state index contributed by atoms with van der Waals surface area (Å²) in [5.41, 5.74) is 13.4. The van der Waals surface area contributed by atoms with Gasteiger partial charge in [-0.3, -0.25) is 9.48 Å². The van der Waals surface area contributed by atoms with Gasteiger partial charge in [-0.1, -0.05) is 0 Å². The van der Waals surface area contributed by atoms with Gasteiger partial charge in [0.2, 0.25) is 0 Å². The number of carbonyl (C=O) groups excluding carboxylic acids is 1. The van der Waals surface area contributed by atoms with Crippen LogP contribution in [0, 0.1) is 12.7 Å². The van der Waals surface area contributed by atoms with Crippen molar-refractivity contribution in [1.29, 1.82) is 0 Å². The number of aryl methyl sites for hydroxylation is 1. The molecule has 5 N–H and O–H groups in total. The van der Waals surface area contributed by atoms with Crippen molar-refractivity contribution in [2.45, 2.75) is 25.3 Å². The zero-order chi connectivity index (χ0) is 22.0. The number of nitrogens with two attached hydrogens (primary N) is 2. The number of piperidine rings is 1. The Morgan fingerprint density at radius 1 is 1.23 bits per heavy atom. The van der Waals surface area contributed by atoms with E-state index in [1.54, 1.807) is 23.0 Å². The predicted octanol–water partition coefficient (Wildman–Crippen LogP) is 2.52. The van der Waals surface area contributed by atoms with E-state index < -0.39 is 11.4 Å². The fourth-order valence-corrected chi connectivity index (χ4v) is 3.93. The monoisotopic (exact) mass is 423 g/mol. The van der Waals surface area contributed by atoms with Crippen LogP contribution in [0.4, 0.5) is 21.7 Å². The number of aromatic nitrogens is 3. The van der Waals surface area contributed by atoms with Crippen molar-refractivity contribution in [2.75, 3.05) is 29.9 Å². The smallest absolute Gasteiger partial charge is 0.254 e. The first-order chi connectivity index (χ1) is 14.9. The number of benzene rings is 1. The van der Waals surface area contributed by atoms with Gasteiger partial charge in [-0.2, -0.15) is 5.10 Å². The third-order valence-electron chi connectivity index (χ3n) is 5.87. The molecule has 0 bridgehead atoms. The highest BCUT2D eigenvalue weighted by Gasteiger charge is 2.37. The van der Waals surface area contributed by atoms with Crippen LogP contribution < -0.4 is 21.7 Å². The van der Waals surface area contributed by atoms with E-state index in [4.69, 9.17) is 11.5 Å². The molecule has 0 spiro atoms. The van der Waals surface area contributed by atoms with E-state index in [2.05, 4.69) is 26.4 Å². The molecular weight excluding hydrogens is 397 g/mol. The fraction of sp³-hybridized carbons (Fsp3) is 0.318. The molecule has 162 valence electrons. The van der Waals surface area contributed by atoms with Crippen molar-refractivity contribution in [1.82, 2.24) is 14.8 Å². The SMILES string of the molecule is Cc1ccnc(N2CCC(CN)(n3cc(C(N)=O)c(Nc4ccc(F)cc4)n3)CC2)c1. The number of hydrogen-bond acceptors (Lipinski definition) is 6. The van der Waals surface area contributed by atoms with E-state index in [9.17, 15) is 9.18 Å². The Balaban J connectivity index is 1.58. The number of anilines is 3. The van der Waals surface area contributed by atoms with Gasteiger partial charge in [0.25, 0.3) is 5.91 Å². The standard InChI is InChI=1S/C22H26FN7O/c1-15-6-9-26-19(12-15)29-10-7-22(14-24,8-11-29)30-13-18(20(25)31)21(28-30)27-17-4-2-16(23)3-5-17/h2-6,9,12-13H,7-8,10-11,14,24H2,1H3,(H2,25,31)(H,27,28). The largest absolute Gasteiger partial charge is 0.365 e. The summed E-state index contributed by atoms with van der Waals surface area (Å²) >= 11 is 0. The molecular formula is C22H26FN7O. The van der Waals surface area contributed by atoms with Crippen LogP contribution in [0.3, 0.4) is 0 Å². The number of pyridine rings is 1. The van der Waals surface area contributed by atoms with Gasteiger partial charge in [0.15, 0.2) is 5.82 Å². The number of amides is 1. The summed E-state index contributed by atoms with van der Waals surface area (Å²) in [6.45, 7) is 3.95. The molecule has 9 heteroatoms. The van der Waals surface area contributed by atoms with Gasteiger partial charge in [-0.15, -0.1) is 0 Å². The maximum atomic E-state index is 13.2. The highest BCUT2D eigenvalue weighted by Crippen LogP contribution is 2.33. The van der Waals surface area contributed by atoms with Crippen molar-refractivity contribution in [3.05, 3.63) is 65.7 Å². The molecule has 1 aromatic carbocycles. The molecule has 1 amide bonds. The highest BCUT2D eigenvalue weighted by atomic mass is 19.1. The maximum absolute atomic E-state index is 13.2. The Morgan fingerprint density at radius 3 is 2.55 bits per heavy atom. The third-order valence-corrected chi connectivity index (χ3v) is 5.87. The molecule has 8 nitrogen and oxygen atoms in total. The molecule has 0 radical (unpaired) electrons. The van der Waals surface area contributed by atoms with Crippen molar-refractivity contribution < 1.29 is 9.18 Å². The van der Waals surface area contributed by atoms with Crippen molar-refractivity contribution in [2.24, 2.45) is 11.5 Å². The van der Waals surface area contributed by atoms with Gasteiger partial charge >= 0.3 is 0 Å². The van der Waals surface area contributed by atoms with Crippen molar-refractivity contribution in [3.63, 3.8) is 0 Å². The molecule has 3 aromatic rings. The molecule has 0 atom stereocenters. The van der Waals surface area contributed by atoms with E-state index in [0.29, 0.717) is 18.1 Å². The summed E-state index contributed by atoms with van der Waals surface area (Å²) in [5.74, 6) is 0.338. The van der Waals surface area contributed by atoms with Crippen LogP contribution in [0.1, 0.15) is 28.8 Å². The summed E-state index contributed by atoms with van der Waals surface area (Å²) in [5, 5.41) is 7.69. The van der Waals surface area contributed by atoms with Gasteiger partial charge in [0, 0.05) is 37.7 Å². The number of nitrogens with one attached hydrogen (secondary N) is 1. The Hall–Kier alpha value is -3.46. The summed E-state index contributed by atoms with van der Waals surface area (Å²) in [7, 11) is 0. The molecule has 1 fully saturated rings. The average molecular weight is 423 g/mol. The number of carbonyl (C=O) groups is 1. The lowest BCUT2D eigenvalue weighted by atomic mass is 9.87. The van der Waals surface area contributed by atoms with Gasteiger partial charge in [-0.25, -0.2) is 9.37 Å². The molecule has 0 unspecified atom stereocenters. The second-order valence-electron chi connectivity index (χ2n) is 7.94. The molecule has 31 heavy (non-hydrogen) atoms. The Bertz CT molecular complexity index is 1070. The van der Waals surface area contributed by atoms with Gasteiger partial charge in [0.05, 0.1) is 5.54 Å². The summed E-state index contributed by atoms with van der Waals surface area (Å²) in [6, 6.07) is 9.86. The van der Waals surface area contributed by atoms with E-state index >= 15 is 0 Å². The molecule has 3 heterocycles. The lowest BCUT2D eigenvalue weighted by Gasteiger charge is -2.41. The van der Waals surface area contributed by atoms with E-state index in [0.717, 1.165) is 37.3 Å². The van der Waals surface area contributed by atoms with Crippen LogP contribution in [-0.2, 0) is 5.54 Å². The maximum Gasteiger partial charge on any atom is 0.254 e. The fourth-order valence-electron chi connectivity index (χ4n) is 3.93. The van der Waals surface area contributed by atoms with Gasteiger partial charge in [0.1, 0.15) is 17.2 Å². The van der Waals surface area contributed by atoms with Crippen LogP contribution in [0.15, 0.2) is 48.8 Å². The Morgan fingerprint density at radius 2 is 1.94 bits per heavy atom. The first-order valence-corrected chi connectivity index (χ1v) is 10.2. The lowest BCUT2D eigenvalue weighted by molar-refractivity contribution is 0.100. The van der Waals surface area contributed by atoms with Crippen LogP contribution in [-0.4, -0.2) is 40.3 Å². The minimum absolute atomic E-state index is 0.264. The topological polar surface area (TPSA) is 115 Å². The molecule has 4 rings (SSSR count). The van der Waals surface area contributed by atoms with Crippen LogP contribution in [0.5, 0.6) is 0 Å². The first kappa shape index (κ1) is 20.8. The summed E-state index contributed by atoms with van der Waals surface area (Å²) in [6.07, 6.45) is 4.96. The number of hydrogen-bond donors (Lipinski definition) is 3. The Kier molecular flexibility index (Phi) is 5.60. The minimum Gasteiger partial charge on any atom is -0.365 e. The van der Waals surface area contributed by atoms with Crippen LogP contribution in [0.2, 0.25) is 0 Å². The minimum atomic E-state index is -0.593. The molecule has 1 aliphatic heterocycles. The third kappa shape index (κ3) is 4.22. The zero-order valence-corrected chi connectivity index (χ0v) is 17.4. The van der Waals surface area contributed by atoms with Gasteiger partial charge < -0.3 is 21.7 Å². The van der Waals surface area contributed by atoms with E-state index in [-0.39, 0.29) is 11.4 Å². The number of halogens is 1. The summed E-state index contributed by atoms with van der Waals surface area (Å²) in [4.78, 5) is 18.8. The average Bonchev–Trinajstić information content (AvgIpc) is 3.20. The zero-order valence-electron chi connectivity index (χ0n) is 17.4. The van der Waals surface area contributed by atoms with E-state index in [1.807, 2.05) is 19.2 Å². The normalized spacial score (nSPS) is 15.6. The second kappa shape index (κ2) is 8.35. The number of rotatable bonds is 6. The molecule has 1 aliphatic rings. The van der Waals surface area contributed by atoms with Gasteiger partial charge in [-0.05, 0) is 61.7 Å². The first-order valence-electron chi connectivity index (χ1n) is 10.2. The predicted molar refractivity (Wildman–Crippen MR) is 118 cm³/mol. The quantitative estimate of drug-likeness (QED) is 0.561. The van der Waals surface area contributed by atoms with E-state index in [1.165, 1.54) is 12.1 Å². The lowest BCUT2D eigenvalue weighted by Crippen LogP contribution is -2.51. The Labute approximate surface area is 180 Å². The molecule has 2 aromatic heterocycles. The molecule has 1 saturated heterocycles. The highest BCUT2D eigenvalue weighted by molar-refractivity contribution is 5.98. The van der Waals surface area contributed by atoms with Crippen molar-refractivity contribution >= 4 is 23.2 Å². The number of nitrogens with zero attached hydrogens (tertiary/aromatic N) is 4.